The van der Waals surface area contributed by atoms with Gasteiger partial charge >= 0.3 is 0 Å². The molecule has 1 aromatic carbocycles. The topological polar surface area (TPSA) is 4.93 Å². The van der Waals surface area contributed by atoms with Gasteiger partial charge in [0.2, 0.25) is 0 Å². The van der Waals surface area contributed by atoms with Gasteiger partial charge in [0.15, 0.2) is 0 Å². The molecule has 1 aliphatic rings. The molecule has 1 saturated carbocycles. The maximum Gasteiger partial charge on any atom is 0.0482 e. The van der Waals surface area contributed by atoms with Crippen molar-refractivity contribution in [1.82, 2.24) is 4.57 Å². The fraction of sp³-hybridized carbons (Fsp3) is 0.600. The molecule has 2 aromatic rings. The molecule has 1 heteroatoms. The van der Waals surface area contributed by atoms with E-state index >= 15 is 0 Å². The second kappa shape index (κ2) is 6.68. The van der Waals surface area contributed by atoms with Crippen LogP contribution in [0.4, 0.5) is 0 Å². The Balaban J connectivity index is 1.84. The summed E-state index contributed by atoms with van der Waals surface area (Å²) in [5.41, 5.74) is 4.33. The summed E-state index contributed by atoms with van der Waals surface area (Å²) in [6, 6.07) is 9.47. The number of nitrogens with zero attached hydrogens (tertiary/aromatic N) is 1. The molecule has 0 N–H and O–H groups in total. The Kier molecular flexibility index (Phi) is 4.67. The Bertz CT molecular complexity index is 583. The van der Waals surface area contributed by atoms with Crippen molar-refractivity contribution in [2.24, 2.45) is 7.05 Å². The second-order valence-corrected chi connectivity index (χ2v) is 6.91. The summed E-state index contributed by atoms with van der Waals surface area (Å²) >= 11 is 0. The zero-order chi connectivity index (χ0) is 14.7. The first-order valence-corrected chi connectivity index (χ1v) is 8.81. The number of aromatic nitrogens is 1. The molecule has 1 aromatic heterocycles. The molecule has 0 unspecified atom stereocenters. The third-order valence-corrected chi connectivity index (χ3v) is 5.39. The van der Waals surface area contributed by atoms with E-state index in [0.717, 1.165) is 5.92 Å². The van der Waals surface area contributed by atoms with Gasteiger partial charge in [-0.15, -0.1) is 0 Å². The van der Waals surface area contributed by atoms with Crippen LogP contribution in [-0.4, -0.2) is 4.57 Å². The highest BCUT2D eigenvalue weighted by Crippen LogP contribution is 2.32. The van der Waals surface area contributed by atoms with Gasteiger partial charge in [-0.2, -0.15) is 0 Å². The van der Waals surface area contributed by atoms with Gasteiger partial charge in [0.05, 0.1) is 0 Å². The highest BCUT2D eigenvalue weighted by atomic mass is 14.9. The van der Waals surface area contributed by atoms with Gasteiger partial charge in [0, 0.05) is 18.3 Å². The van der Waals surface area contributed by atoms with Crippen molar-refractivity contribution in [1.29, 1.82) is 0 Å². The van der Waals surface area contributed by atoms with E-state index in [2.05, 4.69) is 42.8 Å². The van der Waals surface area contributed by atoms with Gasteiger partial charge in [-0.3, -0.25) is 0 Å². The van der Waals surface area contributed by atoms with E-state index in [4.69, 9.17) is 0 Å². The first kappa shape index (κ1) is 14.7. The molecule has 0 atom stereocenters. The molecular formula is C20H29N. The summed E-state index contributed by atoms with van der Waals surface area (Å²) in [5.74, 6) is 0.780. The lowest BCUT2D eigenvalue weighted by atomic mass is 9.86. The summed E-state index contributed by atoms with van der Waals surface area (Å²) in [6.07, 6.45) is 12.8. The monoisotopic (exact) mass is 283 g/mol. The number of fused-ring (bicyclic) bond motifs is 1. The van der Waals surface area contributed by atoms with E-state index in [-0.39, 0.29) is 0 Å². The van der Waals surface area contributed by atoms with Gasteiger partial charge in [-0.1, -0.05) is 57.1 Å². The minimum atomic E-state index is 0.780. The SMILES string of the molecule is Cc1cc2ccc(C3CCCCCCCCC3)cc2n1C. The number of rotatable bonds is 1. The number of benzene rings is 1. The Hall–Kier alpha value is -1.24. The van der Waals surface area contributed by atoms with E-state index in [1.807, 2.05) is 0 Å². The van der Waals surface area contributed by atoms with Crippen LogP contribution in [0.1, 0.15) is 75.0 Å². The zero-order valence-corrected chi connectivity index (χ0v) is 13.7. The zero-order valence-electron chi connectivity index (χ0n) is 13.7. The Morgan fingerprint density at radius 3 is 2.14 bits per heavy atom. The highest BCUT2D eigenvalue weighted by molar-refractivity contribution is 5.82. The molecule has 1 nitrogen and oxygen atoms in total. The standard InChI is InChI=1S/C20H29N/c1-16-14-19-13-12-18(15-20(19)21(16)2)17-10-8-6-4-3-5-7-9-11-17/h12-15,17H,3-11H2,1-2H3. The lowest BCUT2D eigenvalue weighted by Crippen LogP contribution is -2.02. The molecule has 1 heterocycles. The summed E-state index contributed by atoms with van der Waals surface area (Å²) < 4.78 is 2.33. The van der Waals surface area contributed by atoms with Crippen molar-refractivity contribution in [3.8, 4) is 0 Å². The maximum atomic E-state index is 2.46. The number of hydrogen-bond donors (Lipinski definition) is 0. The largest absolute Gasteiger partial charge is 0.348 e. The summed E-state index contributed by atoms with van der Waals surface area (Å²) in [7, 11) is 2.19. The molecule has 114 valence electrons. The summed E-state index contributed by atoms with van der Waals surface area (Å²) in [6.45, 7) is 2.20. The Morgan fingerprint density at radius 2 is 1.48 bits per heavy atom. The Morgan fingerprint density at radius 1 is 0.857 bits per heavy atom. The molecule has 0 spiro atoms. The average Bonchev–Trinajstić information content (AvgIpc) is 2.79. The average molecular weight is 283 g/mol. The molecule has 0 bridgehead atoms. The van der Waals surface area contributed by atoms with E-state index in [9.17, 15) is 0 Å². The van der Waals surface area contributed by atoms with Crippen molar-refractivity contribution in [2.75, 3.05) is 0 Å². The molecule has 21 heavy (non-hydrogen) atoms. The van der Waals surface area contributed by atoms with E-state index < -0.39 is 0 Å². The molecule has 0 saturated heterocycles. The van der Waals surface area contributed by atoms with E-state index in [1.54, 1.807) is 5.56 Å². The van der Waals surface area contributed by atoms with Crippen molar-refractivity contribution in [3.05, 3.63) is 35.5 Å². The second-order valence-electron chi connectivity index (χ2n) is 6.91. The van der Waals surface area contributed by atoms with Crippen LogP contribution < -0.4 is 0 Å². The first-order valence-electron chi connectivity index (χ1n) is 8.81. The van der Waals surface area contributed by atoms with Crippen molar-refractivity contribution in [3.63, 3.8) is 0 Å². The predicted molar refractivity (Wildman–Crippen MR) is 92.0 cm³/mol. The minimum Gasteiger partial charge on any atom is -0.348 e. The quantitative estimate of drug-likeness (QED) is 0.596. The first-order chi connectivity index (χ1) is 10.3. The Labute approximate surface area is 129 Å². The van der Waals surface area contributed by atoms with Gasteiger partial charge in [0.25, 0.3) is 0 Å². The lowest BCUT2D eigenvalue weighted by molar-refractivity contribution is 0.463. The molecular weight excluding hydrogens is 254 g/mol. The third kappa shape index (κ3) is 3.33. The number of aryl methyl sites for hydroxylation is 2. The van der Waals surface area contributed by atoms with Crippen LogP contribution in [0.2, 0.25) is 0 Å². The molecule has 0 aliphatic heterocycles. The van der Waals surface area contributed by atoms with Crippen molar-refractivity contribution >= 4 is 10.9 Å². The fourth-order valence-corrected chi connectivity index (χ4v) is 3.88. The van der Waals surface area contributed by atoms with Crippen LogP contribution in [0.15, 0.2) is 24.3 Å². The van der Waals surface area contributed by atoms with Crippen molar-refractivity contribution in [2.45, 2.75) is 70.6 Å². The molecule has 3 rings (SSSR count). The smallest absolute Gasteiger partial charge is 0.0482 e. The van der Waals surface area contributed by atoms with Crippen LogP contribution in [0.5, 0.6) is 0 Å². The van der Waals surface area contributed by atoms with E-state index in [0.29, 0.717) is 0 Å². The highest BCUT2D eigenvalue weighted by Gasteiger charge is 2.14. The van der Waals surface area contributed by atoms with Gasteiger partial charge in [-0.05, 0) is 48.8 Å². The molecule has 0 radical (unpaired) electrons. The third-order valence-electron chi connectivity index (χ3n) is 5.39. The summed E-state index contributed by atoms with van der Waals surface area (Å²) in [4.78, 5) is 0. The number of hydrogen-bond acceptors (Lipinski definition) is 0. The summed E-state index contributed by atoms with van der Waals surface area (Å²) in [5, 5.41) is 1.39. The van der Waals surface area contributed by atoms with Gasteiger partial charge in [0.1, 0.15) is 0 Å². The van der Waals surface area contributed by atoms with Crippen LogP contribution in [0.3, 0.4) is 0 Å². The van der Waals surface area contributed by atoms with E-state index in [1.165, 1.54) is 74.4 Å². The molecule has 0 amide bonds. The predicted octanol–water partition coefficient (Wildman–Crippen LogP) is 6.09. The maximum absolute atomic E-state index is 2.46. The van der Waals surface area contributed by atoms with Crippen LogP contribution in [-0.2, 0) is 7.05 Å². The van der Waals surface area contributed by atoms with Crippen LogP contribution in [0, 0.1) is 6.92 Å². The lowest BCUT2D eigenvalue weighted by Gasteiger charge is -2.19. The molecule has 1 fully saturated rings. The van der Waals surface area contributed by atoms with Gasteiger partial charge in [-0.25, -0.2) is 0 Å². The van der Waals surface area contributed by atoms with Crippen LogP contribution in [0.25, 0.3) is 10.9 Å². The fourth-order valence-electron chi connectivity index (χ4n) is 3.88. The molecule has 1 aliphatic carbocycles. The normalized spacial score (nSPS) is 19.0. The van der Waals surface area contributed by atoms with Crippen LogP contribution >= 0.6 is 0 Å². The minimum absolute atomic E-state index is 0.780. The van der Waals surface area contributed by atoms with Gasteiger partial charge < -0.3 is 4.57 Å². The van der Waals surface area contributed by atoms with Crippen molar-refractivity contribution < 1.29 is 0 Å².